The van der Waals surface area contributed by atoms with Gasteiger partial charge in [-0.3, -0.25) is 0 Å². The molecule has 3 rings (SSSR count). The van der Waals surface area contributed by atoms with Crippen molar-refractivity contribution < 1.29 is 9.84 Å². The largest absolute Gasteiger partial charge is 0.496 e. The maximum atomic E-state index is 11.2. The van der Waals surface area contributed by atoms with Crippen molar-refractivity contribution in [2.24, 2.45) is 0 Å². The minimum atomic E-state index is -0.447. The lowest BCUT2D eigenvalue weighted by Gasteiger charge is -2.24. The molecule has 1 aliphatic rings. The summed E-state index contributed by atoms with van der Waals surface area (Å²) in [5, 5.41) is 11.2. The second-order valence-electron chi connectivity index (χ2n) is 7.74. The van der Waals surface area contributed by atoms with Crippen molar-refractivity contribution in [1.29, 1.82) is 0 Å². The molecule has 1 aliphatic carbocycles. The monoisotopic (exact) mass is 365 g/mol. The molecular formula is C24H31NO2. The van der Waals surface area contributed by atoms with Crippen molar-refractivity contribution in [3.8, 4) is 5.75 Å². The van der Waals surface area contributed by atoms with Gasteiger partial charge < -0.3 is 14.7 Å². The highest BCUT2D eigenvalue weighted by atomic mass is 16.5. The van der Waals surface area contributed by atoms with E-state index >= 15 is 0 Å². The standard InChI is InChI=1S/C24H31NO2/c1-25(2)17-21-14-13-19(16-23(21)27-3)22-12-8-7-11-20(24(22)26)15-18-9-5-4-6-10-18/h4-6,9-10,13-16,22,24,26H,7-8,11-12,17H2,1-3H3. The second-order valence-corrected chi connectivity index (χ2v) is 7.74. The molecule has 0 saturated heterocycles. The van der Waals surface area contributed by atoms with E-state index in [9.17, 15) is 5.11 Å². The van der Waals surface area contributed by atoms with Gasteiger partial charge in [-0.15, -0.1) is 0 Å². The van der Waals surface area contributed by atoms with Crippen LogP contribution in [0.2, 0.25) is 0 Å². The Kier molecular flexibility index (Phi) is 6.70. The summed E-state index contributed by atoms with van der Waals surface area (Å²) in [6.07, 6.45) is 5.95. The van der Waals surface area contributed by atoms with Crippen molar-refractivity contribution in [1.82, 2.24) is 4.90 Å². The van der Waals surface area contributed by atoms with Crippen molar-refractivity contribution >= 4 is 6.08 Å². The van der Waals surface area contributed by atoms with Crippen molar-refractivity contribution in [3.63, 3.8) is 0 Å². The minimum absolute atomic E-state index is 0.116. The van der Waals surface area contributed by atoms with E-state index in [1.807, 2.05) is 18.2 Å². The summed E-state index contributed by atoms with van der Waals surface area (Å²) in [6.45, 7) is 0.843. The Bertz CT molecular complexity index is 767. The summed E-state index contributed by atoms with van der Waals surface area (Å²) in [5.74, 6) is 1.02. The Labute approximate surface area is 163 Å². The van der Waals surface area contributed by atoms with Gasteiger partial charge in [-0.1, -0.05) is 55.0 Å². The third-order valence-electron chi connectivity index (χ3n) is 5.37. The zero-order chi connectivity index (χ0) is 19.2. The van der Waals surface area contributed by atoms with Crippen LogP contribution in [0.15, 0.2) is 54.1 Å². The van der Waals surface area contributed by atoms with Gasteiger partial charge in [0.05, 0.1) is 13.2 Å². The van der Waals surface area contributed by atoms with E-state index < -0.39 is 6.10 Å². The Balaban J connectivity index is 1.89. The van der Waals surface area contributed by atoms with Gasteiger partial charge in [-0.2, -0.15) is 0 Å². The Morgan fingerprint density at radius 2 is 1.89 bits per heavy atom. The zero-order valence-electron chi connectivity index (χ0n) is 16.7. The predicted molar refractivity (Wildman–Crippen MR) is 112 cm³/mol. The predicted octanol–water partition coefficient (Wildman–Crippen LogP) is 4.86. The second kappa shape index (κ2) is 9.20. The first-order valence-corrected chi connectivity index (χ1v) is 9.83. The lowest BCUT2D eigenvalue weighted by molar-refractivity contribution is 0.176. The third-order valence-corrected chi connectivity index (χ3v) is 5.37. The van der Waals surface area contributed by atoms with Crippen LogP contribution >= 0.6 is 0 Å². The lowest BCUT2D eigenvalue weighted by Crippen LogP contribution is -2.20. The third kappa shape index (κ3) is 5.00. The molecule has 1 N–H and O–H groups in total. The quantitative estimate of drug-likeness (QED) is 0.768. The van der Waals surface area contributed by atoms with E-state index in [1.54, 1.807) is 7.11 Å². The molecule has 0 amide bonds. The van der Waals surface area contributed by atoms with Crippen LogP contribution in [0.3, 0.4) is 0 Å². The zero-order valence-corrected chi connectivity index (χ0v) is 16.7. The van der Waals surface area contributed by atoms with Crippen LogP contribution in [0.4, 0.5) is 0 Å². The van der Waals surface area contributed by atoms with E-state index in [0.717, 1.165) is 49.1 Å². The van der Waals surface area contributed by atoms with Crippen molar-refractivity contribution in [2.75, 3.05) is 21.2 Å². The molecule has 27 heavy (non-hydrogen) atoms. The number of rotatable bonds is 5. The summed E-state index contributed by atoms with van der Waals surface area (Å²) >= 11 is 0. The summed E-state index contributed by atoms with van der Waals surface area (Å²) < 4.78 is 5.64. The Hall–Kier alpha value is -2.10. The Morgan fingerprint density at radius 1 is 1.11 bits per heavy atom. The fourth-order valence-corrected chi connectivity index (χ4v) is 3.99. The molecule has 3 heteroatoms. The van der Waals surface area contributed by atoms with E-state index in [1.165, 1.54) is 11.1 Å². The van der Waals surface area contributed by atoms with Gasteiger partial charge in [0, 0.05) is 18.0 Å². The summed E-state index contributed by atoms with van der Waals surface area (Å²) in [5.41, 5.74) is 4.64. The van der Waals surface area contributed by atoms with Crippen LogP contribution in [0.5, 0.6) is 5.75 Å². The fraction of sp³-hybridized carbons (Fsp3) is 0.417. The number of hydrogen-bond donors (Lipinski definition) is 1. The molecule has 0 aliphatic heterocycles. The van der Waals surface area contributed by atoms with E-state index in [2.05, 4.69) is 55.4 Å². The van der Waals surface area contributed by atoms with Gasteiger partial charge in [0.2, 0.25) is 0 Å². The number of aliphatic hydroxyl groups excluding tert-OH is 1. The molecule has 0 aromatic heterocycles. The van der Waals surface area contributed by atoms with Gasteiger partial charge >= 0.3 is 0 Å². The normalized spacial score (nSPS) is 22.0. The molecule has 0 heterocycles. The number of nitrogens with zero attached hydrogens (tertiary/aromatic N) is 1. The molecule has 0 bridgehead atoms. The molecule has 144 valence electrons. The molecule has 1 fully saturated rings. The number of benzene rings is 2. The Morgan fingerprint density at radius 3 is 2.59 bits per heavy atom. The van der Waals surface area contributed by atoms with Crippen LogP contribution in [0.1, 0.15) is 48.3 Å². The van der Waals surface area contributed by atoms with E-state index in [0.29, 0.717) is 0 Å². The van der Waals surface area contributed by atoms with Crippen LogP contribution in [0.25, 0.3) is 6.08 Å². The maximum Gasteiger partial charge on any atom is 0.123 e. The summed E-state index contributed by atoms with van der Waals surface area (Å²) in [7, 11) is 5.84. The minimum Gasteiger partial charge on any atom is -0.496 e. The van der Waals surface area contributed by atoms with Gasteiger partial charge in [0.1, 0.15) is 5.75 Å². The number of methoxy groups -OCH3 is 1. The molecular weight excluding hydrogens is 334 g/mol. The topological polar surface area (TPSA) is 32.7 Å². The molecule has 2 unspecified atom stereocenters. The highest BCUT2D eigenvalue weighted by Gasteiger charge is 2.27. The summed E-state index contributed by atoms with van der Waals surface area (Å²) in [6, 6.07) is 16.7. The van der Waals surface area contributed by atoms with E-state index in [-0.39, 0.29) is 5.92 Å². The first-order valence-electron chi connectivity index (χ1n) is 9.83. The molecule has 2 atom stereocenters. The highest BCUT2D eigenvalue weighted by Crippen LogP contribution is 2.37. The van der Waals surface area contributed by atoms with Gasteiger partial charge in [-0.05, 0) is 56.1 Å². The van der Waals surface area contributed by atoms with Crippen LogP contribution in [0, 0.1) is 0 Å². The van der Waals surface area contributed by atoms with Crippen LogP contribution < -0.4 is 4.74 Å². The lowest BCUT2D eigenvalue weighted by atomic mass is 9.86. The molecule has 2 aromatic carbocycles. The van der Waals surface area contributed by atoms with Crippen molar-refractivity contribution in [3.05, 3.63) is 70.8 Å². The molecule has 3 nitrogen and oxygen atoms in total. The molecule has 1 saturated carbocycles. The van der Waals surface area contributed by atoms with E-state index in [4.69, 9.17) is 4.74 Å². The smallest absolute Gasteiger partial charge is 0.123 e. The molecule has 0 spiro atoms. The molecule has 2 aromatic rings. The van der Waals surface area contributed by atoms with Gasteiger partial charge in [-0.25, -0.2) is 0 Å². The first kappa shape index (κ1) is 19.7. The SMILES string of the molecule is COc1cc(C2CCCCC(=Cc3ccccc3)C2O)ccc1CN(C)C. The van der Waals surface area contributed by atoms with Crippen molar-refractivity contribution in [2.45, 2.75) is 44.2 Å². The number of hydrogen-bond acceptors (Lipinski definition) is 3. The summed E-state index contributed by atoms with van der Waals surface area (Å²) in [4.78, 5) is 2.14. The average Bonchev–Trinajstić information content (AvgIpc) is 2.84. The molecule has 0 radical (unpaired) electrons. The maximum absolute atomic E-state index is 11.2. The van der Waals surface area contributed by atoms with Gasteiger partial charge in [0.15, 0.2) is 0 Å². The number of ether oxygens (including phenoxy) is 1. The first-order chi connectivity index (χ1) is 13.1. The van der Waals surface area contributed by atoms with Crippen LogP contribution in [-0.2, 0) is 6.54 Å². The van der Waals surface area contributed by atoms with Crippen LogP contribution in [-0.4, -0.2) is 37.3 Å². The van der Waals surface area contributed by atoms with Gasteiger partial charge in [0.25, 0.3) is 0 Å². The number of aliphatic hydroxyl groups is 1. The highest BCUT2D eigenvalue weighted by molar-refractivity contribution is 5.54. The average molecular weight is 366 g/mol. The fourth-order valence-electron chi connectivity index (χ4n) is 3.99.